The SMILES string of the molecule is COc1cc(C)c(-c2nc3ccccc3c(=O)n2N=Cc2cccn2-c2ccccc2)cc1C(C)C. The highest BCUT2D eigenvalue weighted by molar-refractivity contribution is 5.82. The molecule has 5 rings (SSSR count). The number of aromatic nitrogens is 3. The number of hydrogen-bond acceptors (Lipinski definition) is 4. The Morgan fingerprint density at radius 1 is 0.972 bits per heavy atom. The molecule has 0 aliphatic carbocycles. The van der Waals surface area contributed by atoms with Crippen molar-refractivity contribution in [2.24, 2.45) is 5.10 Å². The second-order valence-corrected chi connectivity index (χ2v) is 9.02. The second kappa shape index (κ2) is 9.66. The molecule has 0 fully saturated rings. The minimum absolute atomic E-state index is 0.217. The summed E-state index contributed by atoms with van der Waals surface area (Å²) in [4.78, 5) is 18.6. The molecule has 0 saturated heterocycles. The number of benzene rings is 3. The molecule has 0 spiro atoms. The molecular formula is C30H28N4O2. The van der Waals surface area contributed by atoms with E-state index < -0.39 is 0 Å². The maximum absolute atomic E-state index is 13.7. The zero-order valence-electron chi connectivity index (χ0n) is 20.8. The first kappa shape index (κ1) is 23.3. The van der Waals surface area contributed by atoms with Gasteiger partial charge in [0.2, 0.25) is 0 Å². The summed E-state index contributed by atoms with van der Waals surface area (Å²) in [5, 5.41) is 5.20. The third kappa shape index (κ3) is 4.22. The van der Waals surface area contributed by atoms with Crippen LogP contribution in [0, 0.1) is 6.92 Å². The van der Waals surface area contributed by atoms with Crippen molar-refractivity contribution in [3.8, 4) is 22.8 Å². The van der Waals surface area contributed by atoms with Crippen LogP contribution >= 0.6 is 0 Å². The van der Waals surface area contributed by atoms with Crippen LogP contribution < -0.4 is 10.3 Å². The summed E-state index contributed by atoms with van der Waals surface area (Å²) in [7, 11) is 1.68. The Balaban J connectivity index is 1.72. The predicted octanol–water partition coefficient (Wildman–Crippen LogP) is 6.18. The number of nitrogens with zero attached hydrogens (tertiary/aromatic N) is 4. The van der Waals surface area contributed by atoms with Gasteiger partial charge in [-0.1, -0.05) is 44.2 Å². The Bertz CT molecular complexity index is 1630. The first-order valence-electron chi connectivity index (χ1n) is 12.0. The molecule has 0 unspecified atom stereocenters. The van der Waals surface area contributed by atoms with E-state index in [2.05, 4.69) is 25.0 Å². The van der Waals surface area contributed by atoms with Gasteiger partial charge in [0.25, 0.3) is 5.56 Å². The summed E-state index contributed by atoms with van der Waals surface area (Å²) in [5.41, 5.74) is 5.13. The van der Waals surface area contributed by atoms with Crippen molar-refractivity contribution >= 4 is 17.1 Å². The minimum atomic E-state index is -0.217. The molecule has 2 heterocycles. The van der Waals surface area contributed by atoms with Gasteiger partial charge in [-0.15, -0.1) is 0 Å². The average Bonchev–Trinajstić information content (AvgIpc) is 3.37. The third-order valence-corrected chi connectivity index (χ3v) is 6.31. The van der Waals surface area contributed by atoms with Crippen LogP contribution in [-0.2, 0) is 0 Å². The number of rotatable bonds is 6. The molecule has 0 aliphatic heterocycles. The van der Waals surface area contributed by atoms with Crippen molar-refractivity contribution in [1.82, 2.24) is 14.2 Å². The van der Waals surface area contributed by atoms with E-state index in [1.807, 2.05) is 84.4 Å². The maximum Gasteiger partial charge on any atom is 0.282 e. The van der Waals surface area contributed by atoms with Crippen LogP contribution in [0.25, 0.3) is 28.0 Å². The fourth-order valence-electron chi connectivity index (χ4n) is 4.41. The summed E-state index contributed by atoms with van der Waals surface area (Å²) in [6.07, 6.45) is 3.68. The van der Waals surface area contributed by atoms with E-state index in [9.17, 15) is 4.79 Å². The minimum Gasteiger partial charge on any atom is -0.496 e. The van der Waals surface area contributed by atoms with Gasteiger partial charge in [0, 0.05) is 17.4 Å². The van der Waals surface area contributed by atoms with E-state index in [1.165, 1.54) is 4.68 Å². The monoisotopic (exact) mass is 476 g/mol. The van der Waals surface area contributed by atoms with E-state index in [0.29, 0.717) is 16.7 Å². The van der Waals surface area contributed by atoms with Crippen molar-refractivity contribution < 1.29 is 4.74 Å². The molecule has 0 radical (unpaired) electrons. The highest BCUT2D eigenvalue weighted by atomic mass is 16.5. The van der Waals surface area contributed by atoms with Crippen LogP contribution in [0.4, 0.5) is 0 Å². The zero-order valence-corrected chi connectivity index (χ0v) is 20.8. The standard InChI is InChI=1S/C30H28N4O2/c1-20(2)25-18-26(21(3)17-28(25)36-4)29-32-27-15-9-8-14-24(27)30(35)34(29)31-19-23-13-10-16-33(23)22-11-6-5-7-12-22/h5-20H,1-4H3. The Hall–Kier alpha value is -4.45. The Kier molecular flexibility index (Phi) is 6.25. The molecule has 180 valence electrons. The van der Waals surface area contributed by atoms with Crippen molar-refractivity contribution in [3.05, 3.63) is 112 Å². The van der Waals surface area contributed by atoms with Crippen molar-refractivity contribution in [2.75, 3.05) is 7.11 Å². The van der Waals surface area contributed by atoms with E-state index >= 15 is 0 Å². The van der Waals surface area contributed by atoms with Crippen molar-refractivity contribution in [1.29, 1.82) is 0 Å². The van der Waals surface area contributed by atoms with Gasteiger partial charge in [0.15, 0.2) is 5.82 Å². The maximum atomic E-state index is 13.7. The van der Waals surface area contributed by atoms with E-state index in [1.54, 1.807) is 19.4 Å². The van der Waals surface area contributed by atoms with Crippen LogP contribution in [0.3, 0.4) is 0 Å². The van der Waals surface area contributed by atoms with Gasteiger partial charge in [-0.3, -0.25) is 4.79 Å². The number of aryl methyl sites for hydroxylation is 1. The lowest BCUT2D eigenvalue weighted by Crippen LogP contribution is -2.21. The lowest BCUT2D eigenvalue weighted by molar-refractivity contribution is 0.407. The zero-order chi connectivity index (χ0) is 25.2. The first-order valence-corrected chi connectivity index (χ1v) is 12.0. The molecule has 0 saturated carbocycles. The molecule has 0 aliphatic rings. The largest absolute Gasteiger partial charge is 0.496 e. The van der Waals surface area contributed by atoms with E-state index in [-0.39, 0.29) is 11.5 Å². The van der Waals surface area contributed by atoms with Gasteiger partial charge in [0.1, 0.15) is 5.75 Å². The Labute approximate surface area is 210 Å². The molecule has 6 heteroatoms. The molecule has 0 atom stereocenters. The van der Waals surface area contributed by atoms with Gasteiger partial charge in [-0.2, -0.15) is 9.78 Å². The van der Waals surface area contributed by atoms with E-state index in [0.717, 1.165) is 33.8 Å². The highest BCUT2D eigenvalue weighted by Crippen LogP contribution is 2.34. The van der Waals surface area contributed by atoms with Crippen molar-refractivity contribution in [2.45, 2.75) is 26.7 Å². The quantitative estimate of drug-likeness (QED) is 0.275. The summed E-state index contributed by atoms with van der Waals surface area (Å²) < 4.78 is 9.07. The summed E-state index contributed by atoms with van der Waals surface area (Å²) in [6, 6.07) is 25.4. The van der Waals surface area contributed by atoms with E-state index in [4.69, 9.17) is 9.72 Å². The third-order valence-electron chi connectivity index (χ3n) is 6.31. The lowest BCUT2D eigenvalue weighted by atomic mass is 9.96. The predicted molar refractivity (Wildman–Crippen MR) is 146 cm³/mol. The van der Waals surface area contributed by atoms with Crippen LogP contribution in [0.5, 0.6) is 5.75 Å². The second-order valence-electron chi connectivity index (χ2n) is 9.02. The molecule has 6 nitrogen and oxygen atoms in total. The van der Waals surface area contributed by atoms with Gasteiger partial charge in [-0.05, 0) is 72.5 Å². The number of hydrogen-bond donors (Lipinski definition) is 0. The average molecular weight is 477 g/mol. The lowest BCUT2D eigenvalue weighted by Gasteiger charge is -2.17. The number of ether oxygens (including phenoxy) is 1. The Morgan fingerprint density at radius 3 is 2.47 bits per heavy atom. The summed E-state index contributed by atoms with van der Waals surface area (Å²) in [6.45, 7) is 6.24. The smallest absolute Gasteiger partial charge is 0.282 e. The topological polar surface area (TPSA) is 61.4 Å². The van der Waals surface area contributed by atoms with Crippen molar-refractivity contribution in [3.63, 3.8) is 0 Å². The first-order chi connectivity index (χ1) is 17.5. The molecule has 0 bridgehead atoms. The van der Waals surface area contributed by atoms with Crippen LogP contribution in [0.15, 0.2) is 95.0 Å². The van der Waals surface area contributed by atoms with Gasteiger partial charge in [0.05, 0.1) is 29.9 Å². The molecule has 2 aromatic heterocycles. The molecule has 36 heavy (non-hydrogen) atoms. The fraction of sp³-hybridized carbons (Fsp3) is 0.167. The molecule has 5 aromatic rings. The van der Waals surface area contributed by atoms with Crippen LogP contribution in [-0.4, -0.2) is 27.6 Å². The molecule has 0 amide bonds. The summed E-state index contributed by atoms with van der Waals surface area (Å²) >= 11 is 0. The highest BCUT2D eigenvalue weighted by Gasteiger charge is 2.18. The Morgan fingerprint density at radius 2 is 1.72 bits per heavy atom. The fourth-order valence-corrected chi connectivity index (χ4v) is 4.41. The van der Waals surface area contributed by atoms with Crippen LogP contribution in [0.2, 0.25) is 0 Å². The number of para-hydroxylation sites is 2. The van der Waals surface area contributed by atoms with Gasteiger partial charge >= 0.3 is 0 Å². The molecular weight excluding hydrogens is 448 g/mol. The number of methoxy groups -OCH3 is 1. The number of fused-ring (bicyclic) bond motifs is 1. The van der Waals surface area contributed by atoms with Gasteiger partial charge < -0.3 is 9.30 Å². The summed E-state index contributed by atoms with van der Waals surface area (Å²) in [5.74, 6) is 1.55. The molecule has 3 aromatic carbocycles. The molecule has 0 N–H and O–H groups in total. The van der Waals surface area contributed by atoms with Crippen LogP contribution in [0.1, 0.15) is 36.6 Å². The normalized spacial score (nSPS) is 11.6. The van der Waals surface area contributed by atoms with Gasteiger partial charge in [-0.25, -0.2) is 4.98 Å².